The van der Waals surface area contributed by atoms with Crippen LogP contribution in [0.2, 0.25) is 0 Å². The lowest BCUT2D eigenvalue weighted by atomic mass is 9.99. The van der Waals surface area contributed by atoms with Gasteiger partial charge in [0.1, 0.15) is 17.8 Å². The molecule has 9 heteroatoms. The SMILES string of the molecule is O=C(CCC1=NNC2C3CC(c4ccc(F)cc4)NN3C=CN12)NCCc1ccccn1. The van der Waals surface area contributed by atoms with Crippen LogP contribution in [0.5, 0.6) is 0 Å². The first-order valence-corrected chi connectivity index (χ1v) is 10.9. The zero-order chi connectivity index (χ0) is 21.9. The first kappa shape index (κ1) is 20.4. The van der Waals surface area contributed by atoms with Gasteiger partial charge in [0.2, 0.25) is 5.91 Å². The molecule has 5 rings (SSSR count). The topological polar surface area (TPSA) is 84.9 Å². The Kier molecular flexibility index (Phi) is 5.72. The minimum absolute atomic E-state index is 0.000152. The molecule has 3 aliphatic heterocycles. The Labute approximate surface area is 186 Å². The van der Waals surface area contributed by atoms with E-state index in [9.17, 15) is 9.18 Å². The van der Waals surface area contributed by atoms with Gasteiger partial charge in [-0.25, -0.2) is 9.82 Å². The minimum Gasteiger partial charge on any atom is -0.356 e. The molecule has 0 radical (unpaired) electrons. The number of hydrogen-bond acceptors (Lipinski definition) is 7. The summed E-state index contributed by atoms with van der Waals surface area (Å²) in [6.45, 7) is 0.570. The van der Waals surface area contributed by atoms with Crippen molar-refractivity contribution >= 4 is 11.7 Å². The summed E-state index contributed by atoms with van der Waals surface area (Å²) in [6.07, 6.45) is 8.26. The van der Waals surface area contributed by atoms with Gasteiger partial charge in [0.15, 0.2) is 0 Å². The first-order chi connectivity index (χ1) is 15.7. The van der Waals surface area contributed by atoms with Gasteiger partial charge in [-0.3, -0.25) is 15.2 Å². The monoisotopic (exact) mass is 435 g/mol. The van der Waals surface area contributed by atoms with Crippen LogP contribution in [0.4, 0.5) is 4.39 Å². The van der Waals surface area contributed by atoms with E-state index in [2.05, 4.69) is 36.2 Å². The Morgan fingerprint density at radius 1 is 1.16 bits per heavy atom. The minimum atomic E-state index is -0.230. The number of amides is 1. The normalized spacial score (nSPS) is 23.4. The number of aromatic nitrogens is 1. The Balaban J connectivity index is 1.11. The predicted octanol–water partition coefficient (Wildman–Crippen LogP) is 2.01. The van der Waals surface area contributed by atoms with Crippen molar-refractivity contribution in [3.05, 3.63) is 78.1 Å². The highest BCUT2D eigenvalue weighted by Crippen LogP contribution is 2.34. The molecule has 0 saturated carbocycles. The zero-order valence-corrected chi connectivity index (χ0v) is 17.6. The van der Waals surface area contributed by atoms with E-state index in [1.807, 2.05) is 42.7 Å². The molecular weight excluding hydrogens is 409 g/mol. The van der Waals surface area contributed by atoms with Crippen molar-refractivity contribution in [2.45, 2.75) is 43.9 Å². The van der Waals surface area contributed by atoms with E-state index in [0.29, 0.717) is 25.8 Å². The van der Waals surface area contributed by atoms with Crippen molar-refractivity contribution in [3.8, 4) is 0 Å². The highest BCUT2D eigenvalue weighted by Gasteiger charge is 2.44. The van der Waals surface area contributed by atoms with E-state index in [4.69, 9.17) is 0 Å². The third-order valence-corrected chi connectivity index (χ3v) is 6.09. The number of nitrogens with one attached hydrogen (secondary N) is 3. The number of hydrogen-bond donors (Lipinski definition) is 3. The van der Waals surface area contributed by atoms with Crippen LogP contribution < -0.4 is 16.2 Å². The van der Waals surface area contributed by atoms with Crippen molar-refractivity contribution in [1.82, 2.24) is 31.1 Å². The molecular formula is C23H26FN7O. The number of halogens is 1. The van der Waals surface area contributed by atoms with Gasteiger partial charge in [-0.2, -0.15) is 5.10 Å². The maximum atomic E-state index is 13.3. The third kappa shape index (κ3) is 4.29. The molecule has 1 amide bonds. The van der Waals surface area contributed by atoms with E-state index >= 15 is 0 Å². The number of amidine groups is 1. The van der Waals surface area contributed by atoms with Crippen molar-refractivity contribution in [3.63, 3.8) is 0 Å². The second-order valence-electron chi connectivity index (χ2n) is 8.17. The number of fused-ring (bicyclic) bond motifs is 3. The summed E-state index contributed by atoms with van der Waals surface area (Å²) in [5.74, 6) is 0.636. The van der Waals surface area contributed by atoms with Gasteiger partial charge >= 0.3 is 0 Å². The van der Waals surface area contributed by atoms with Gasteiger partial charge in [0.05, 0.1) is 12.1 Å². The van der Waals surface area contributed by atoms with Crippen LogP contribution in [0.3, 0.4) is 0 Å². The third-order valence-electron chi connectivity index (χ3n) is 6.09. The Bertz CT molecular complexity index is 1010. The van der Waals surface area contributed by atoms with Crippen molar-refractivity contribution in [2.24, 2.45) is 5.10 Å². The summed E-state index contributed by atoms with van der Waals surface area (Å²) < 4.78 is 13.3. The van der Waals surface area contributed by atoms with E-state index in [-0.39, 0.29) is 30.0 Å². The van der Waals surface area contributed by atoms with Crippen LogP contribution in [-0.4, -0.2) is 45.4 Å². The van der Waals surface area contributed by atoms with Crippen molar-refractivity contribution < 1.29 is 9.18 Å². The molecule has 166 valence electrons. The number of carbonyl (C=O) groups is 1. The molecule has 3 N–H and O–H groups in total. The van der Waals surface area contributed by atoms with Crippen LogP contribution in [0.1, 0.15) is 36.6 Å². The van der Waals surface area contributed by atoms with Crippen LogP contribution >= 0.6 is 0 Å². The molecule has 4 heterocycles. The summed E-state index contributed by atoms with van der Waals surface area (Å²) in [5, 5.41) is 9.54. The summed E-state index contributed by atoms with van der Waals surface area (Å²) in [5.41, 5.74) is 8.73. The zero-order valence-electron chi connectivity index (χ0n) is 17.6. The van der Waals surface area contributed by atoms with Gasteiger partial charge in [0.25, 0.3) is 0 Å². The molecule has 3 aliphatic rings. The van der Waals surface area contributed by atoms with Crippen LogP contribution in [0.25, 0.3) is 0 Å². The smallest absolute Gasteiger partial charge is 0.220 e. The summed E-state index contributed by atoms with van der Waals surface area (Å²) in [6, 6.07) is 12.7. The first-order valence-electron chi connectivity index (χ1n) is 10.9. The lowest BCUT2D eigenvalue weighted by Gasteiger charge is -2.37. The predicted molar refractivity (Wildman–Crippen MR) is 118 cm³/mol. The number of hydrazine groups is 1. The van der Waals surface area contributed by atoms with Gasteiger partial charge in [0, 0.05) is 50.1 Å². The lowest BCUT2D eigenvalue weighted by Crippen LogP contribution is -2.54. The largest absolute Gasteiger partial charge is 0.356 e. The molecule has 1 saturated heterocycles. The molecule has 1 aromatic heterocycles. The molecule has 32 heavy (non-hydrogen) atoms. The van der Waals surface area contributed by atoms with E-state index < -0.39 is 0 Å². The molecule has 0 spiro atoms. The number of nitrogens with zero attached hydrogens (tertiary/aromatic N) is 4. The Hall–Kier alpha value is -3.46. The number of hydrazone groups is 1. The lowest BCUT2D eigenvalue weighted by molar-refractivity contribution is -0.120. The average Bonchev–Trinajstić information content (AvgIpc) is 3.43. The van der Waals surface area contributed by atoms with Gasteiger partial charge in [-0.15, -0.1) is 0 Å². The molecule has 2 aromatic rings. The molecule has 3 atom stereocenters. The second kappa shape index (κ2) is 8.96. The average molecular weight is 436 g/mol. The quantitative estimate of drug-likeness (QED) is 0.617. The van der Waals surface area contributed by atoms with Crippen LogP contribution in [-0.2, 0) is 11.2 Å². The fourth-order valence-electron chi connectivity index (χ4n) is 4.41. The molecule has 1 aromatic carbocycles. The van der Waals surface area contributed by atoms with E-state index in [1.165, 1.54) is 12.1 Å². The standard InChI is InChI=1S/C23H26FN7O/c24-17-6-4-16(5-7-17)19-15-20-23-28-27-21(30(23)13-14-31(20)29-19)8-9-22(32)26-12-10-18-3-1-2-11-25-18/h1-7,11,13-14,19-20,23,28-29H,8-10,12,15H2,(H,26,32). The molecule has 1 fully saturated rings. The number of rotatable bonds is 7. The van der Waals surface area contributed by atoms with E-state index in [1.54, 1.807) is 6.20 Å². The fourth-order valence-corrected chi connectivity index (χ4v) is 4.41. The summed E-state index contributed by atoms with van der Waals surface area (Å²) in [4.78, 5) is 18.6. The van der Waals surface area contributed by atoms with Gasteiger partial charge in [-0.05, 0) is 36.2 Å². The molecule has 8 nitrogen and oxygen atoms in total. The summed E-state index contributed by atoms with van der Waals surface area (Å²) >= 11 is 0. The molecule has 0 bridgehead atoms. The maximum absolute atomic E-state index is 13.3. The molecule has 3 unspecified atom stereocenters. The van der Waals surface area contributed by atoms with Crippen molar-refractivity contribution in [1.29, 1.82) is 0 Å². The summed E-state index contributed by atoms with van der Waals surface area (Å²) in [7, 11) is 0. The number of pyridine rings is 1. The van der Waals surface area contributed by atoms with Crippen LogP contribution in [0, 0.1) is 5.82 Å². The highest BCUT2D eigenvalue weighted by molar-refractivity contribution is 5.89. The number of carbonyl (C=O) groups excluding carboxylic acids is 1. The molecule has 0 aliphatic carbocycles. The highest BCUT2D eigenvalue weighted by atomic mass is 19.1. The maximum Gasteiger partial charge on any atom is 0.220 e. The Morgan fingerprint density at radius 2 is 2.03 bits per heavy atom. The number of benzene rings is 1. The van der Waals surface area contributed by atoms with E-state index in [0.717, 1.165) is 23.5 Å². The Morgan fingerprint density at radius 3 is 2.84 bits per heavy atom. The van der Waals surface area contributed by atoms with Crippen LogP contribution in [0.15, 0.2) is 66.2 Å². The van der Waals surface area contributed by atoms with Gasteiger partial charge in [-0.1, -0.05) is 18.2 Å². The second-order valence-corrected chi connectivity index (χ2v) is 8.17. The fraction of sp³-hybridized carbons (Fsp3) is 0.348. The van der Waals surface area contributed by atoms with Gasteiger partial charge < -0.3 is 15.2 Å². The van der Waals surface area contributed by atoms with Crippen molar-refractivity contribution in [2.75, 3.05) is 6.54 Å².